The van der Waals surface area contributed by atoms with Crippen molar-refractivity contribution in [2.75, 3.05) is 0 Å². The van der Waals surface area contributed by atoms with E-state index in [2.05, 4.69) is 5.32 Å². The smallest absolute Gasteiger partial charge is 0.352 e. The third kappa shape index (κ3) is 5.04. The van der Waals surface area contributed by atoms with Crippen LogP contribution in [0.25, 0.3) is 6.08 Å². The van der Waals surface area contributed by atoms with E-state index in [4.69, 9.17) is 4.74 Å². The molecule has 0 fully saturated rings. The zero-order valence-corrected chi connectivity index (χ0v) is 14.9. The van der Waals surface area contributed by atoms with Gasteiger partial charge in [-0.3, -0.25) is 4.79 Å². The molecule has 3 aromatic carbocycles. The predicted molar refractivity (Wildman–Crippen MR) is 102 cm³/mol. The summed E-state index contributed by atoms with van der Waals surface area (Å²) in [5.41, 5.74) is 0.0228. The van der Waals surface area contributed by atoms with Crippen LogP contribution in [0.3, 0.4) is 0 Å². The number of carbonyl (C=O) groups excluding carboxylic acids is 1. The van der Waals surface area contributed by atoms with Crippen molar-refractivity contribution in [1.29, 1.82) is 0 Å². The molecule has 0 unspecified atom stereocenters. The molecule has 7 heteroatoms. The van der Waals surface area contributed by atoms with Gasteiger partial charge < -0.3 is 15.2 Å². The summed E-state index contributed by atoms with van der Waals surface area (Å²) in [6.07, 6.45) is 1.11. The molecule has 0 atom stereocenters. The van der Waals surface area contributed by atoms with E-state index in [1.54, 1.807) is 24.3 Å². The molecule has 0 saturated heterocycles. The highest BCUT2D eigenvalue weighted by atomic mass is 19.1. The first-order chi connectivity index (χ1) is 13.9. The minimum Gasteiger partial charge on any atom is -0.477 e. The number of carboxylic acid groups (broad SMARTS) is 1. The van der Waals surface area contributed by atoms with E-state index in [0.717, 1.165) is 12.1 Å². The fraction of sp³-hybridized carbons (Fsp3) is 0. The number of carbonyl (C=O) groups is 2. The largest absolute Gasteiger partial charge is 0.477 e. The van der Waals surface area contributed by atoms with E-state index in [9.17, 15) is 23.5 Å². The molecule has 1 amide bonds. The van der Waals surface area contributed by atoms with Gasteiger partial charge in [-0.1, -0.05) is 36.4 Å². The minimum atomic E-state index is -1.39. The molecule has 3 aromatic rings. The average Bonchev–Trinajstić information content (AvgIpc) is 2.71. The van der Waals surface area contributed by atoms with Crippen LogP contribution in [0, 0.1) is 11.6 Å². The van der Waals surface area contributed by atoms with E-state index in [-0.39, 0.29) is 22.6 Å². The lowest BCUT2D eigenvalue weighted by molar-refractivity contribution is -0.132. The molecule has 0 aliphatic rings. The minimum absolute atomic E-state index is 0.143. The van der Waals surface area contributed by atoms with E-state index in [1.165, 1.54) is 42.5 Å². The average molecular weight is 395 g/mol. The molecule has 2 N–H and O–H groups in total. The van der Waals surface area contributed by atoms with Gasteiger partial charge in [0.1, 0.15) is 5.70 Å². The summed E-state index contributed by atoms with van der Waals surface area (Å²) in [5, 5.41) is 11.6. The Hall–Kier alpha value is -4.00. The summed E-state index contributed by atoms with van der Waals surface area (Å²) >= 11 is 0. The molecule has 0 saturated carbocycles. The molecule has 0 aromatic heterocycles. The molecule has 0 heterocycles. The van der Waals surface area contributed by atoms with Gasteiger partial charge in [-0.15, -0.1) is 0 Å². The first-order valence-electron chi connectivity index (χ1n) is 8.47. The third-order valence-corrected chi connectivity index (χ3v) is 3.84. The summed E-state index contributed by atoms with van der Waals surface area (Å²) in [5.74, 6) is -3.83. The lowest BCUT2D eigenvalue weighted by Gasteiger charge is -2.09. The Kier molecular flexibility index (Phi) is 5.99. The maximum Gasteiger partial charge on any atom is 0.352 e. The fourth-order valence-corrected chi connectivity index (χ4v) is 2.44. The molecule has 0 radical (unpaired) electrons. The highest BCUT2D eigenvalue weighted by Gasteiger charge is 2.14. The number of benzene rings is 3. The Balaban J connectivity index is 1.81. The number of carboxylic acids is 1. The summed E-state index contributed by atoms with van der Waals surface area (Å²) in [4.78, 5) is 23.6. The summed E-state index contributed by atoms with van der Waals surface area (Å²) in [6.45, 7) is 0. The molecule has 0 bridgehead atoms. The molecular weight excluding hydrogens is 380 g/mol. The number of rotatable bonds is 6. The third-order valence-electron chi connectivity index (χ3n) is 3.84. The van der Waals surface area contributed by atoms with Crippen molar-refractivity contribution in [3.05, 3.63) is 101 Å². The number of ether oxygens (including phenoxy) is 1. The Morgan fingerprint density at radius 2 is 1.52 bits per heavy atom. The van der Waals surface area contributed by atoms with Crippen LogP contribution < -0.4 is 10.1 Å². The molecule has 0 aliphatic heterocycles. The second-order valence-electron chi connectivity index (χ2n) is 5.91. The number of aliphatic carboxylic acids is 1. The van der Waals surface area contributed by atoms with Crippen molar-refractivity contribution in [2.24, 2.45) is 0 Å². The Bertz CT molecular complexity index is 1080. The predicted octanol–water partition coefficient (Wildman–Crippen LogP) is 4.61. The van der Waals surface area contributed by atoms with Crippen molar-refractivity contribution >= 4 is 18.0 Å². The van der Waals surface area contributed by atoms with Gasteiger partial charge in [-0.25, -0.2) is 13.6 Å². The molecule has 0 spiro atoms. The highest BCUT2D eigenvalue weighted by Crippen LogP contribution is 2.27. The maximum absolute atomic E-state index is 14.3. The van der Waals surface area contributed by atoms with Crippen LogP contribution >= 0.6 is 0 Å². The van der Waals surface area contributed by atoms with Crippen LogP contribution in [0.4, 0.5) is 8.78 Å². The van der Waals surface area contributed by atoms with E-state index < -0.39 is 29.2 Å². The van der Waals surface area contributed by atoms with Crippen LogP contribution in [0.5, 0.6) is 11.5 Å². The molecular formula is C22H15F2NO4. The number of hydrogen-bond donors (Lipinski definition) is 2. The van der Waals surface area contributed by atoms with Gasteiger partial charge in [-0.05, 0) is 48.0 Å². The second-order valence-corrected chi connectivity index (χ2v) is 5.91. The van der Waals surface area contributed by atoms with Crippen LogP contribution in [-0.4, -0.2) is 17.0 Å². The zero-order valence-electron chi connectivity index (χ0n) is 14.9. The fourth-order valence-electron chi connectivity index (χ4n) is 2.44. The molecule has 3 rings (SSSR count). The SMILES string of the molecule is O=C(O)C(=Cc1ccc(Oc2ccccc2F)c(F)c1)NC(=O)c1ccccc1. The number of para-hydroxylation sites is 1. The van der Waals surface area contributed by atoms with Crippen molar-refractivity contribution in [3.8, 4) is 11.5 Å². The van der Waals surface area contributed by atoms with Crippen molar-refractivity contribution in [3.63, 3.8) is 0 Å². The summed E-state index contributed by atoms with van der Waals surface area (Å²) in [7, 11) is 0. The van der Waals surface area contributed by atoms with Crippen LogP contribution in [0.15, 0.2) is 78.5 Å². The number of amides is 1. The molecule has 146 valence electrons. The molecule has 5 nitrogen and oxygen atoms in total. The Morgan fingerprint density at radius 3 is 2.17 bits per heavy atom. The summed E-state index contributed by atoms with van der Waals surface area (Å²) in [6, 6.07) is 17.3. The quantitative estimate of drug-likeness (QED) is 0.598. The number of halogens is 2. The first-order valence-corrected chi connectivity index (χ1v) is 8.47. The molecule has 29 heavy (non-hydrogen) atoms. The highest BCUT2D eigenvalue weighted by molar-refractivity contribution is 6.02. The lowest BCUT2D eigenvalue weighted by Crippen LogP contribution is -2.27. The van der Waals surface area contributed by atoms with Crippen molar-refractivity contribution in [1.82, 2.24) is 5.32 Å². The van der Waals surface area contributed by atoms with Crippen LogP contribution in [-0.2, 0) is 4.79 Å². The molecule has 0 aliphatic carbocycles. The summed E-state index contributed by atoms with van der Waals surface area (Å²) < 4.78 is 33.2. The maximum atomic E-state index is 14.3. The van der Waals surface area contributed by atoms with Crippen LogP contribution in [0.1, 0.15) is 15.9 Å². The topological polar surface area (TPSA) is 75.6 Å². The van der Waals surface area contributed by atoms with Crippen molar-refractivity contribution < 1.29 is 28.2 Å². The standard InChI is InChI=1S/C22H15F2NO4/c23-16-8-4-5-9-19(16)29-20-11-10-14(12-17(20)24)13-18(22(27)28)25-21(26)15-6-2-1-3-7-15/h1-13H,(H,25,26)(H,27,28). The first kappa shape index (κ1) is 19.8. The van der Waals surface area contributed by atoms with E-state index in [0.29, 0.717) is 0 Å². The van der Waals surface area contributed by atoms with E-state index in [1.807, 2.05) is 0 Å². The van der Waals surface area contributed by atoms with E-state index >= 15 is 0 Å². The number of nitrogens with one attached hydrogen (secondary N) is 1. The lowest BCUT2D eigenvalue weighted by atomic mass is 10.1. The Morgan fingerprint density at radius 1 is 0.862 bits per heavy atom. The normalized spacial score (nSPS) is 11.0. The van der Waals surface area contributed by atoms with Crippen LogP contribution in [0.2, 0.25) is 0 Å². The van der Waals surface area contributed by atoms with Crippen molar-refractivity contribution in [2.45, 2.75) is 0 Å². The van der Waals surface area contributed by atoms with Gasteiger partial charge in [0.15, 0.2) is 23.1 Å². The van der Waals surface area contributed by atoms with Gasteiger partial charge in [0, 0.05) is 5.56 Å². The second kappa shape index (κ2) is 8.79. The van der Waals surface area contributed by atoms with Gasteiger partial charge in [0.2, 0.25) is 0 Å². The van der Waals surface area contributed by atoms with Gasteiger partial charge >= 0.3 is 5.97 Å². The van der Waals surface area contributed by atoms with Gasteiger partial charge in [0.25, 0.3) is 5.91 Å². The monoisotopic (exact) mass is 395 g/mol. The Labute approximate surface area is 164 Å². The van der Waals surface area contributed by atoms with Gasteiger partial charge in [0.05, 0.1) is 0 Å². The number of hydrogen-bond acceptors (Lipinski definition) is 3. The zero-order chi connectivity index (χ0) is 20.8. The van der Waals surface area contributed by atoms with Gasteiger partial charge in [-0.2, -0.15) is 0 Å².